The van der Waals surface area contributed by atoms with Gasteiger partial charge in [-0.2, -0.15) is 0 Å². The summed E-state index contributed by atoms with van der Waals surface area (Å²) in [5.74, 6) is -0.0181. The number of carbonyl (C=O) groups is 2. The highest BCUT2D eigenvalue weighted by molar-refractivity contribution is 6.35. The van der Waals surface area contributed by atoms with Gasteiger partial charge in [-0.1, -0.05) is 30.1 Å². The molecule has 6 heteroatoms. The van der Waals surface area contributed by atoms with Crippen LogP contribution in [0.25, 0.3) is 0 Å². The van der Waals surface area contributed by atoms with Crippen molar-refractivity contribution in [1.82, 2.24) is 4.90 Å². The average molecular weight is 329 g/mol. The highest BCUT2D eigenvalue weighted by Gasteiger charge is 2.27. The normalized spacial score (nSPS) is 15.9. The molecule has 1 saturated heterocycles. The zero-order valence-electron chi connectivity index (χ0n) is 11.9. The molecule has 0 unspecified atom stereocenters. The number of nitrogens with one attached hydrogen (secondary N) is 1. The van der Waals surface area contributed by atoms with Gasteiger partial charge in [0.25, 0.3) is 0 Å². The first kappa shape index (κ1) is 16.1. The summed E-state index contributed by atoms with van der Waals surface area (Å²) in [6.07, 6.45) is 1.86. The second kappa shape index (κ2) is 7.14. The molecule has 0 saturated carbocycles. The fraction of sp³-hybridized carbons (Fsp3) is 0.467. The molecule has 1 aromatic carbocycles. The van der Waals surface area contributed by atoms with Gasteiger partial charge in [0.1, 0.15) is 0 Å². The quantitative estimate of drug-likeness (QED) is 0.921. The third-order valence-electron chi connectivity index (χ3n) is 3.71. The van der Waals surface area contributed by atoms with Crippen LogP contribution in [0.1, 0.15) is 26.2 Å². The lowest BCUT2D eigenvalue weighted by Gasteiger charge is -2.31. The second-order valence-electron chi connectivity index (χ2n) is 5.12. The zero-order chi connectivity index (χ0) is 15.4. The van der Waals surface area contributed by atoms with Crippen molar-refractivity contribution in [3.63, 3.8) is 0 Å². The van der Waals surface area contributed by atoms with Crippen molar-refractivity contribution in [2.75, 3.05) is 18.4 Å². The Labute approximate surface area is 134 Å². The molecule has 114 valence electrons. The molecule has 1 heterocycles. The van der Waals surface area contributed by atoms with Crippen molar-refractivity contribution in [2.45, 2.75) is 26.2 Å². The molecule has 0 radical (unpaired) electrons. The topological polar surface area (TPSA) is 49.4 Å². The van der Waals surface area contributed by atoms with Crippen molar-refractivity contribution in [1.29, 1.82) is 0 Å². The smallest absolute Gasteiger partial charge is 0.227 e. The lowest BCUT2D eigenvalue weighted by atomic mass is 9.95. The Balaban J connectivity index is 1.93. The zero-order valence-corrected chi connectivity index (χ0v) is 13.4. The van der Waals surface area contributed by atoms with Gasteiger partial charge in [0.15, 0.2) is 0 Å². The summed E-state index contributed by atoms with van der Waals surface area (Å²) in [4.78, 5) is 25.7. The molecule has 1 aliphatic rings. The van der Waals surface area contributed by atoms with Gasteiger partial charge in [-0.3, -0.25) is 9.59 Å². The number of piperidine rings is 1. The fourth-order valence-corrected chi connectivity index (χ4v) is 2.78. The first-order valence-corrected chi connectivity index (χ1v) is 7.80. The summed E-state index contributed by atoms with van der Waals surface area (Å²) in [5, 5.41) is 3.81. The molecular weight excluding hydrogens is 311 g/mol. The summed E-state index contributed by atoms with van der Waals surface area (Å²) < 4.78 is 0. The van der Waals surface area contributed by atoms with E-state index in [2.05, 4.69) is 5.32 Å². The van der Waals surface area contributed by atoms with Gasteiger partial charge in [-0.25, -0.2) is 0 Å². The lowest BCUT2D eigenvalue weighted by molar-refractivity contribution is -0.134. The molecular formula is C15H18Cl2N2O2. The van der Waals surface area contributed by atoms with Gasteiger partial charge in [0.2, 0.25) is 11.8 Å². The summed E-state index contributed by atoms with van der Waals surface area (Å²) >= 11 is 11.9. The Kier molecular flexibility index (Phi) is 5.48. The predicted octanol–water partition coefficient (Wildman–Crippen LogP) is 3.58. The van der Waals surface area contributed by atoms with Gasteiger partial charge in [0, 0.05) is 30.5 Å². The van der Waals surface area contributed by atoms with Crippen molar-refractivity contribution >= 4 is 40.7 Å². The second-order valence-corrected chi connectivity index (χ2v) is 5.97. The van der Waals surface area contributed by atoms with Crippen LogP contribution >= 0.6 is 23.2 Å². The van der Waals surface area contributed by atoms with Crippen molar-refractivity contribution in [3.8, 4) is 0 Å². The molecule has 2 amide bonds. The van der Waals surface area contributed by atoms with Crippen LogP contribution in [0.15, 0.2) is 18.2 Å². The molecule has 1 fully saturated rings. The third-order valence-corrected chi connectivity index (χ3v) is 4.27. The molecule has 4 nitrogen and oxygen atoms in total. The third kappa shape index (κ3) is 4.11. The maximum atomic E-state index is 12.3. The standard InChI is InChI=1S/C15H18Cl2N2O2/c1-2-14(20)19-7-5-10(6-8-19)15(21)18-13-9-11(16)3-4-12(13)17/h3-4,9-10H,2,5-8H2,1H3,(H,18,21). The molecule has 21 heavy (non-hydrogen) atoms. The van der Waals surface area contributed by atoms with Crippen LogP contribution in [0.5, 0.6) is 0 Å². The van der Waals surface area contributed by atoms with E-state index in [0.29, 0.717) is 48.1 Å². The number of carbonyl (C=O) groups excluding carboxylic acids is 2. The molecule has 0 aromatic heterocycles. The number of anilines is 1. The summed E-state index contributed by atoms with van der Waals surface area (Å²) in [7, 11) is 0. The number of nitrogens with zero attached hydrogens (tertiary/aromatic N) is 1. The minimum absolute atomic E-state index is 0.0669. The monoisotopic (exact) mass is 328 g/mol. The Hall–Kier alpha value is -1.26. The van der Waals surface area contributed by atoms with Gasteiger partial charge in [0.05, 0.1) is 10.7 Å². The highest BCUT2D eigenvalue weighted by atomic mass is 35.5. The van der Waals surface area contributed by atoms with Gasteiger partial charge >= 0.3 is 0 Å². The molecule has 2 rings (SSSR count). The number of amides is 2. The molecule has 1 aliphatic heterocycles. The van der Waals surface area contributed by atoms with Crippen molar-refractivity contribution < 1.29 is 9.59 Å². The Morgan fingerprint density at radius 2 is 1.95 bits per heavy atom. The summed E-state index contributed by atoms with van der Waals surface area (Å²) in [6.45, 7) is 3.12. The van der Waals surface area contributed by atoms with Gasteiger partial charge in [-0.15, -0.1) is 0 Å². The molecule has 0 atom stereocenters. The lowest BCUT2D eigenvalue weighted by Crippen LogP contribution is -2.41. The van der Waals surface area contributed by atoms with E-state index in [0.717, 1.165) is 0 Å². The van der Waals surface area contributed by atoms with Crippen LogP contribution in [-0.2, 0) is 9.59 Å². The van der Waals surface area contributed by atoms with Gasteiger partial charge in [-0.05, 0) is 31.0 Å². The fourth-order valence-electron chi connectivity index (χ4n) is 2.44. The number of rotatable bonds is 3. The number of hydrogen-bond donors (Lipinski definition) is 1. The largest absolute Gasteiger partial charge is 0.343 e. The molecule has 0 spiro atoms. The first-order valence-electron chi connectivity index (χ1n) is 7.05. The SMILES string of the molecule is CCC(=O)N1CCC(C(=O)Nc2cc(Cl)ccc2Cl)CC1. The van der Waals surface area contributed by atoms with E-state index in [9.17, 15) is 9.59 Å². The Morgan fingerprint density at radius 1 is 1.29 bits per heavy atom. The minimum Gasteiger partial charge on any atom is -0.343 e. The number of benzene rings is 1. The first-order chi connectivity index (χ1) is 10.0. The Morgan fingerprint density at radius 3 is 2.57 bits per heavy atom. The molecule has 1 aromatic rings. The van der Waals surface area contributed by atoms with Crippen LogP contribution < -0.4 is 5.32 Å². The number of hydrogen-bond acceptors (Lipinski definition) is 2. The predicted molar refractivity (Wildman–Crippen MR) is 84.7 cm³/mol. The van der Waals surface area contributed by atoms with Crippen LogP contribution in [0.2, 0.25) is 10.0 Å². The number of likely N-dealkylation sites (tertiary alicyclic amines) is 1. The maximum absolute atomic E-state index is 12.3. The number of halogens is 2. The molecule has 0 aliphatic carbocycles. The van der Waals surface area contributed by atoms with Crippen molar-refractivity contribution in [2.24, 2.45) is 5.92 Å². The van der Waals surface area contributed by atoms with E-state index in [-0.39, 0.29) is 17.7 Å². The van der Waals surface area contributed by atoms with E-state index in [1.165, 1.54) is 0 Å². The van der Waals surface area contributed by atoms with E-state index < -0.39 is 0 Å². The Bertz CT molecular complexity index is 540. The minimum atomic E-state index is -0.0963. The van der Waals surface area contributed by atoms with E-state index in [1.807, 2.05) is 11.8 Å². The van der Waals surface area contributed by atoms with Crippen LogP contribution in [-0.4, -0.2) is 29.8 Å². The van der Waals surface area contributed by atoms with Crippen LogP contribution in [0.4, 0.5) is 5.69 Å². The molecule has 1 N–H and O–H groups in total. The van der Waals surface area contributed by atoms with E-state index >= 15 is 0 Å². The van der Waals surface area contributed by atoms with Gasteiger partial charge < -0.3 is 10.2 Å². The van der Waals surface area contributed by atoms with Crippen LogP contribution in [0, 0.1) is 5.92 Å². The van der Waals surface area contributed by atoms with E-state index in [1.54, 1.807) is 18.2 Å². The van der Waals surface area contributed by atoms with Crippen molar-refractivity contribution in [3.05, 3.63) is 28.2 Å². The van der Waals surface area contributed by atoms with E-state index in [4.69, 9.17) is 23.2 Å². The molecule has 0 bridgehead atoms. The maximum Gasteiger partial charge on any atom is 0.227 e. The van der Waals surface area contributed by atoms with Crippen LogP contribution in [0.3, 0.4) is 0 Å². The summed E-state index contributed by atoms with van der Waals surface area (Å²) in [6, 6.07) is 4.97. The average Bonchev–Trinajstić information content (AvgIpc) is 2.50. The highest BCUT2D eigenvalue weighted by Crippen LogP contribution is 2.27. The summed E-state index contributed by atoms with van der Waals surface area (Å²) in [5.41, 5.74) is 0.529.